The summed E-state index contributed by atoms with van der Waals surface area (Å²) in [5.74, 6) is 0. The lowest BCUT2D eigenvalue weighted by molar-refractivity contribution is 0.0894. The number of nitrogens with one attached hydrogen (secondary N) is 2. The van der Waals surface area contributed by atoms with Crippen LogP contribution in [-0.2, 0) is 9.47 Å². The molecule has 1 fully saturated rings. The number of hydrogen-bond acceptors (Lipinski definition) is 4. The number of rotatable bonds is 5. The normalized spacial score (nSPS) is 16.5. The van der Waals surface area contributed by atoms with Crippen molar-refractivity contribution in [3.05, 3.63) is 23.8 Å². The number of carbonyl (C=O) groups excluding carboxylic acids is 2. The topological polar surface area (TPSA) is 79.9 Å². The second-order valence-corrected chi connectivity index (χ2v) is 5.77. The van der Waals surface area contributed by atoms with Gasteiger partial charge in [-0.2, -0.15) is 0 Å². The van der Waals surface area contributed by atoms with Crippen molar-refractivity contribution in [1.29, 1.82) is 0 Å². The molecule has 132 valence electrons. The van der Waals surface area contributed by atoms with E-state index in [1.54, 1.807) is 37.1 Å². The molecule has 1 aliphatic heterocycles. The first-order valence-electron chi connectivity index (χ1n) is 8.18. The average molecular weight is 335 g/mol. The van der Waals surface area contributed by atoms with Crippen LogP contribution < -0.4 is 10.6 Å². The van der Waals surface area contributed by atoms with Gasteiger partial charge in [-0.15, -0.1) is 0 Å². The second-order valence-electron chi connectivity index (χ2n) is 5.77. The minimum absolute atomic E-state index is 0.110. The molecule has 7 heteroatoms. The Bertz CT molecular complexity index is 585. The van der Waals surface area contributed by atoms with Crippen molar-refractivity contribution in [3.8, 4) is 0 Å². The van der Waals surface area contributed by atoms with Crippen molar-refractivity contribution in [3.63, 3.8) is 0 Å². The van der Waals surface area contributed by atoms with Gasteiger partial charge in [0.25, 0.3) is 0 Å². The highest BCUT2D eigenvalue weighted by molar-refractivity contribution is 5.93. The zero-order valence-electron chi connectivity index (χ0n) is 14.4. The Morgan fingerprint density at radius 1 is 1.33 bits per heavy atom. The molecule has 7 nitrogen and oxygen atoms in total. The zero-order chi connectivity index (χ0) is 17.5. The van der Waals surface area contributed by atoms with Crippen LogP contribution in [-0.4, -0.2) is 49.9 Å². The van der Waals surface area contributed by atoms with Gasteiger partial charge in [0.05, 0.1) is 12.7 Å². The number of amides is 3. The van der Waals surface area contributed by atoms with Crippen LogP contribution in [0.3, 0.4) is 0 Å². The molecule has 1 aromatic carbocycles. The molecule has 24 heavy (non-hydrogen) atoms. The standard InChI is InChI=1S/C17H25N3O4/c1-4-23-17(22)19-15-9-5-8-14(12(15)2)18-16(21)20(3)11-13-7-6-10-24-13/h5,8-9,13H,4,6-7,10-11H2,1-3H3,(H,18,21)(H,19,22). The van der Waals surface area contributed by atoms with Gasteiger partial charge < -0.3 is 19.7 Å². The predicted molar refractivity (Wildman–Crippen MR) is 92.4 cm³/mol. The van der Waals surface area contributed by atoms with E-state index in [2.05, 4.69) is 10.6 Å². The maximum absolute atomic E-state index is 12.3. The number of anilines is 2. The van der Waals surface area contributed by atoms with Crippen LogP contribution in [0.4, 0.5) is 21.0 Å². The van der Waals surface area contributed by atoms with Gasteiger partial charge in [0.1, 0.15) is 0 Å². The average Bonchev–Trinajstić information content (AvgIpc) is 3.04. The molecule has 1 saturated heterocycles. The number of nitrogens with zero attached hydrogens (tertiary/aromatic N) is 1. The van der Waals surface area contributed by atoms with E-state index in [0.717, 1.165) is 25.0 Å². The lowest BCUT2D eigenvalue weighted by Gasteiger charge is -2.22. The number of ether oxygens (including phenoxy) is 2. The number of urea groups is 1. The molecule has 1 heterocycles. The van der Waals surface area contributed by atoms with E-state index in [-0.39, 0.29) is 12.1 Å². The molecule has 0 radical (unpaired) electrons. The van der Waals surface area contributed by atoms with Crippen molar-refractivity contribution >= 4 is 23.5 Å². The minimum atomic E-state index is -0.514. The Kier molecular flexibility index (Phi) is 6.43. The quantitative estimate of drug-likeness (QED) is 0.866. The van der Waals surface area contributed by atoms with Crippen molar-refractivity contribution in [1.82, 2.24) is 4.90 Å². The van der Waals surface area contributed by atoms with Gasteiger partial charge in [0.15, 0.2) is 0 Å². The smallest absolute Gasteiger partial charge is 0.411 e. The monoisotopic (exact) mass is 335 g/mol. The molecule has 2 rings (SSSR count). The maximum atomic E-state index is 12.3. The Morgan fingerprint density at radius 3 is 2.67 bits per heavy atom. The molecule has 0 bridgehead atoms. The van der Waals surface area contributed by atoms with Gasteiger partial charge in [0.2, 0.25) is 0 Å². The Labute approximate surface area is 142 Å². The molecule has 0 spiro atoms. The van der Waals surface area contributed by atoms with Gasteiger partial charge in [-0.3, -0.25) is 5.32 Å². The molecule has 2 N–H and O–H groups in total. The Morgan fingerprint density at radius 2 is 2.04 bits per heavy atom. The summed E-state index contributed by atoms with van der Waals surface area (Å²) in [6.45, 7) is 5.20. The molecule has 1 aromatic rings. The van der Waals surface area contributed by atoms with Crippen molar-refractivity contribution in [2.45, 2.75) is 32.8 Å². The summed E-state index contributed by atoms with van der Waals surface area (Å²) in [5, 5.41) is 5.54. The van der Waals surface area contributed by atoms with Gasteiger partial charge in [-0.05, 0) is 44.4 Å². The van der Waals surface area contributed by atoms with Crippen LogP contribution in [0, 0.1) is 6.92 Å². The van der Waals surface area contributed by atoms with Crippen LogP contribution >= 0.6 is 0 Å². The van der Waals surface area contributed by atoms with E-state index >= 15 is 0 Å². The van der Waals surface area contributed by atoms with E-state index < -0.39 is 6.09 Å². The molecular formula is C17H25N3O4. The molecule has 1 atom stereocenters. The van der Waals surface area contributed by atoms with Gasteiger partial charge in [-0.25, -0.2) is 9.59 Å². The summed E-state index contributed by atoms with van der Waals surface area (Å²) >= 11 is 0. The molecule has 1 aliphatic rings. The lowest BCUT2D eigenvalue weighted by atomic mass is 10.1. The first-order chi connectivity index (χ1) is 11.5. The van der Waals surface area contributed by atoms with Crippen LogP contribution in [0.2, 0.25) is 0 Å². The third kappa shape index (κ3) is 4.86. The first kappa shape index (κ1) is 18.1. The fourth-order valence-electron chi connectivity index (χ4n) is 2.57. The van der Waals surface area contributed by atoms with Gasteiger partial charge >= 0.3 is 12.1 Å². The third-order valence-corrected chi connectivity index (χ3v) is 3.94. The maximum Gasteiger partial charge on any atom is 0.411 e. The van der Waals surface area contributed by atoms with E-state index in [1.807, 2.05) is 6.92 Å². The van der Waals surface area contributed by atoms with E-state index in [0.29, 0.717) is 24.5 Å². The number of benzene rings is 1. The number of likely N-dealkylation sites (N-methyl/N-ethyl adjacent to an activating group) is 1. The molecular weight excluding hydrogens is 310 g/mol. The summed E-state index contributed by atoms with van der Waals surface area (Å²) in [6.07, 6.45) is 1.62. The SMILES string of the molecule is CCOC(=O)Nc1cccc(NC(=O)N(C)CC2CCCO2)c1C. The van der Waals surface area contributed by atoms with E-state index in [9.17, 15) is 9.59 Å². The number of carbonyl (C=O) groups is 2. The minimum Gasteiger partial charge on any atom is -0.450 e. The highest BCUT2D eigenvalue weighted by Crippen LogP contribution is 2.24. The van der Waals surface area contributed by atoms with E-state index in [1.165, 1.54) is 0 Å². The fraction of sp³-hybridized carbons (Fsp3) is 0.529. The van der Waals surface area contributed by atoms with Crippen molar-refractivity contribution in [2.75, 3.05) is 37.4 Å². The van der Waals surface area contributed by atoms with Crippen LogP contribution in [0.1, 0.15) is 25.3 Å². The van der Waals surface area contributed by atoms with Crippen LogP contribution in [0.25, 0.3) is 0 Å². The Hall–Kier alpha value is -2.28. The predicted octanol–water partition coefficient (Wildman–Crippen LogP) is 3.21. The molecule has 0 saturated carbocycles. The fourth-order valence-corrected chi connectivity index (χ4v) is 2.57. The summed E-state index contributed by atoms with van der Waals surface area (Å²) in [7, 11) is 1.74. The summed E-state index contributed by atoms with van der Waals surface area (Å²) in [6, 6.07) is 5.12. The Balaban J connectivity index is 1.98. The van der Waals surface area contributed by atoms with E-state index in [4.69, 9.17) is 9.47 Å². The summed E-state index contributed by atoms with van der Waals surface area (Å²) in [4.78, 5) is 25.5. The third-order valence-electron chi connectivity index (χ3n) is 3.94. The van der Waals surface area contributed by atoms with Crippen LogP contribution in [0.15, 0.2) is 18.2 Å². The zero-order valence-corrected chi connectivity index (χ0v) is 14.4. The second kappa shape index (κ2) is 8.54. The highest BCUT2D eigenvalue weighted by atomic mass is 16.5. The number of hydrogen-bond donors (Lipinski definition) is 2. The van der Waals surface area contributed by atoms with Gasteiger partial charge in [-0.1, -0.05) is 6.07 Å². The van der Waals surface area contributed by atoms with Crippen molar-refractivity contribution in [2.24, 2.45) is 0 Å². The first-order valence-corrected chi connectivity index (χ1v) is 8.18. The molecule has 0 aliphatic carbocycles. The molecule has 0 aromatic heterocycles. The molecule has 1 unspecified atom stereocenters. The highest BCUT2D eigenvalue weighted by Gasteiger charge is 2.20. The summed E-state index contributed by atoms with van der Waals surface area (Å²) < 4.78 is 10.4. The lowest BCUT2D eigenvalue weighted by Crippen LogP contribution is -2.37. The van der Waals surface area contributed by atoms with Crippen LogP contribution in [0.5, 0.6) is 0 Å². The van der Waals surface area contributed by atoms with Crippen molar-refractivity contribution < 1.29 is 19.1 Å². The summed E-state index contributed by atoms with van der Waals surface area (Å²) in [5.41, 5.74) is 2.02. The van der Waals surface area contributed by atoms with Gasteiger partial charge in [0, 0.05) is 31.6 Å². The largest absolute Gasteiger partial charge is 0.450 e. The molecule has 3 amide bonds.